The van der Waals surface area contributed by atoms with Gasteiger partial charge in [-0.2, -0.15) is 0 Å². The number of benzene rings is 2. The summed E-state index contributed by atoms with van der Waals surface area (Å²) in [5, 5.41) is 14.2. The van der Waals surface area contributed by atoms with Crippen LogP contribution >= 0.6 is 34.8 Å². The first-order chi connectivity index (χ1) is 12.5. The van der Waals surface area contributed by atoms with Crippen LogP contribution in [0.1, 0.15) is 24.5 Å². The molecule has 0 amide bonds. The molecule has 0 heterocycles. The number of hydrogen-bond donors (Lipinski definition) is 2. The van der Waals surface area contributed by atoms with Crippen LogP contribution in [0.5, 0.6) is 11.5 Å². The predicted molar refractivity (Wildman–Crippen MR) is 107 cm³/mol. The summed E-state index contributed by atoms with van der Waals surface area (Å²) in [5.74, 6) is 1.07. The van der Waals surface area contributed by atoms with Gasteiger partial charge >= 0.3 is 0 Å². The summed E-state index contributed by atoms with van der Waals surface area (Å²) >= 11 is 18.7. The first kappa shape index (κ1) is 21.1. The lowest BCUT2D eigenvalue weighted by molar-refractivity contribution is 0.238. The van der Waals surface area contributed by atoms with E-state index in [1.807, 2.05) is 13.0 Å². The third kappa shape index (κ3) is 5.41. The Morgan fingerprint density at radius 3 is 2.35 bits per heavy atom. The largest absolute Gasteiger partial charge is 0.493 e. The lowest BCUT2D eigenvalue weighted by Crippen LogP contribution is -2.31. The monoisotopic (exact) mass is 417 g/mol. The van der Waals surface area contributed by atoms with Crippen LogP contribution in [-0.4, -0.2) is 24.9 Å². The number of halogens is 3. The minimum atomic E-state index is 0.0235. The molecule has 0 saturated carbocycles. The molecule has 7 heteroatoms. The molecule has 2 aromatic rings. The van der Waals surface area contributed by atoms with Gasteiger partial charge in [0.05, 0.1) is 13.7 Å². The Morgan fingerprint density at radius 1 is 1.08 bits per heavy atom. The first-order valence-electron chi connectivity index (χ1n) is 8.26. The van der Waals surface area contributed by atoms with E-state index in [2.05, 4.69) is 5.32 Å². The minimum absolute atomic E-state index is 0.0235. The van der Waals surface area contributed by atoms with Gasteiger partial charge in [-0.15, -0.1) is 0 Å². The molecule has 2 aromatic carbocycles. The number of ether oxygens (including phenoxy) is 2. The van der Waals surface area contributed by atoms with Gasteiger partial charge in [0.1, 0.15) is 6.61 Å². The van der Waals surface area contributed by atoms with Gasteiger partial charge in [0, 0.05) is 39.3 Å². The Labute approximate surface area is 169 Å². The molecule has 142 valence electrons. The van der Waals surface area contributed by atoms with Crippen LogP contribution in [-0.2, 0) is 13.2 Å². The molecule has 0 bridgehead atoms. The van der Waals surface area contributed by atoms with Gasteiger partial charge in [0.25, 0.3) is 0 Å². The molecule has 2 rings (SSSR count). The van der Waals surface area contributed by atoms with Gasteiger partial charge in [-0.1, -0.05) is 47.8 Å². The zero-order valence-electron chi connectivity index (χ0n) is 14.7. The third-order valence-corrected chi connectivity index (χ3v) is 5.12. The number of aliphatic hydroxyl groups excluding tert-OH is 1. The van der Waals surface area contributed by atoms with Crippen LogP contribution in [0.25, 0.3) is 0 Å². The van der Waals surface area contributed by atoms with E-state index >= 15 is 0 Å². The highest BCUT2D eigenvalue weighted by molar-refractivity contribution is 6.36. The van der Waals surface area contributed by atoms with Crippen molar-refractivity contribution in [1.82, 2.24) is 5.32 Å². The topological polar surface area (TPSA) is 50.7 Å². The van der Waals surface area contributed by atoms with Crippen molar-refractivity contribution in [2.24, 2.45) is 0 Å². The molecule has 0 aromatic heterocycles. The molecule has 0 aliphatic carbocycles. The molecular formula is C19H22Cl3NO3. The Balaban J connectivity index is 2.15. The van der Waals surface area contributed by atoms with E-state index in [4.69, 9.17) is 44.3 Å². The lowest BCUT2D eigenvalue weighted by Gasteiger charge is -2.17. The molecule has 1 atom stereocenters. The molecule has 0 spiro atoms. The van der Waals surface area contributed by atoms with Gasteiger partial charge in [-0.05, 0) is 30.2 Å². The second-order valence-electron chi connectivity index (χ2n) is 5.75. The van der Waals surface area contributed by atoms with Crippen molar-refractivity contribution in [3.8, 4) is 11.5 Å². The number of nitrogens with one attached hydrogen (secondary N) is 1. The average Bonchev–Trinajstić information content (AvgIpc) is 2.63. The normalized spacial score (nSPS) is 12.1. The fourth-order valence-corrected chi connectivity index (χ4v) is 3.12. The van der Waals surface area contributed by atoms with Crippen molar-refractivity contribution in [3.05, 3.63) is 56.5 Å². The van der Waals surface area contributed by atoms with Crippen molar-refractivity contribution in [1.29, 1.82) is 0 Å². The number of aliphatic hydroxyl groups is 1. The number of rotatable bonds is 9. The standard InChI is InChI=1S/C19H22Cl3NO3/c1-3-13(10-24)23-9-12-7-18(25-2)19(8-17(12)22)26-11-14-15(20)5-4-6-16(14)21/h4-8,13,23-24H,3,9-11H2,1-2H3. The Kier molecular flexibility index (Phi) is 8.32. The SMILES string of the molecule is CCC(CO)NCc1cc(OC)c(OCc2c(Cl)cccc2Cl)cc1Cl. The van der Waals surface area contributed by atoms with E-state index in [9.17, 15) is 5.11 Å². The zero-order chi connectivity index (χ0) is 19.1. The molecule has 1 unspecified atom stereocenters. The summed E-state index contributed by atoms with van der Waals surface area (Å²) in [6.07, 6.45) is 0.824. The van der Waals surface area contributed by atoms with E-state index in [1.54, 1.807) is 31.4 Å². The smallest absolute Gasteiger partial charge is 0.163 e. The maximum absolute atomic E-state index is 9.28. The highest BCUT2D eigenvalue weighted by Crippen LogP contribution is 2.35. The average molecular weight is 419 g/mol. The third-order valence-electron chi connectivity index (χ3n) is 4.06. The van der Waals surface area contributed by atoms with Gasteiger partial charge in [-0.3, -0.25) is 0 Å². The molecule has 2 N–H and O–H groups in total. The van der Waals surface area contributed by atoms with E-state index < -0.39 is 0 Å². The molecule has 0 aliphatic rings. The highest BCUT2D eigenvalue weighted by atomic mass is 35.5. The maximum atomic E-state index is 9.28. The van der Waals surface area contributed by atoms with Crippen molar-refractivity contribution in [2.75, 3.05) is 13.7 Å². The second-order valence-corrected chi connectivity index (χ2v) is 6.97. The highest BCUT2D eigenvalue weighted by Gasteiger charge is 2.14. The number of methoxy groups -OCH3 is 1. The molecule has 26 heavy (non-hydrogen) atoms. The van der Waals surface area contributed by atoms with Crippen molar-refractivity contribution in [2.45, 2.75) is 32.5 Å². The van der Waals surface area contributed by atoms with Crippen molar-refractivity contribution in [3.63, 3.8) is 0 Å². The minimum Gasteiger partial charge on any atom is -0.493 e. The van der Waals surface area contributed by atoms with Crippen molar-refractivity contribution >= 4 is 34.8 Å². The summed E-state index contributed by atoms with van der Waals surface area (Å²) in [7, 11) is 1.57. The van der Waals surface area contributed by atoms with Gasteiger partial charge in [0.2, 0.25) is 0 Å². The molecule has 0 fully saturated rings. The summed E-state index contributed by atoms with van der Waals surface area (Å²) in [4.78, 5) is 0. The lowest BCUT2D eigenvalue weighted by atomic mass is 10.1. The van der Waals surface area contributed by atoms with Gasteiger partial charge in [0.15, 0.2) is 11.5 Å². The summed E-state index contributed by atoms with van der Waals surface area (Å²) < 4.78 is 11.3. The van der Waals surface area contributed by atoms with Crippen LogP contribution in [0, 0.1) is 0 Å². The van der Waals surface area contributed by atoms with E-state index in [-0.39, 0.29) is 19.3 Å². The van der Waals surface area contributed by atoms with E-state index in [0.717, 1.165) is 12.0 Å². The molecule has 4 nitrogen and oxygen atoms in total. The number of hydrogen-bond acceptors (Lipinski definition) is 4. The zero-order valence-corrected chi connectivity index (χ0v) is 17.0. The first-order valence-corrected chi connectivity index (χ1v) is 9.39. The van der Waals surface area contributed by atoms with E-state index in [1.165, 1.54) is 0 Å². The van der Waals surface area contributed by atoms with Crippen LogP contribution < -0.4 is 14.8 Å². The molecular weight excluding hydrogens is 397 g/mol. The maximum Gasteiger partial charge on any atom is 0.163 e. The van der Waals surface area contributed by atoms with Crippen LogP contribution in [0.15, 0.2) is 30.3 Å². The molecule has 0 saturated heterocycles. The Bertz CT molecular complexity index is 716. The van der Waals surface area contributed by atoms with E-state index in [0.29, 0.717) is 38.7 Å². The fraction of sp³-hybridized carbons (Fsp3) is 0.368. The Hall–Kier alpha value is -1.17. The van der Waals surface area contributed by atoms with Crippen LogP contribution in [0.4, 0.5) is 0 Å². The summed E-state index contributed by atoms with van der Waals surface area (Å²) in [6, 6.07) is 8.86. The summed E-state index contributed by atoms with van der Waals surface area (Å²) in [6.45, 7) is 2.80. The van der Waals surface area contributed by atoms with Gasteiger partial charge in [-0.25, -0.2) is 0 Å². The summed E-state index contributed by atoms with van der Waals surface area (Å²) in [5.41, 5.74) is 1.56. The predicted octanol–water partition coefficient (Wildman–Crippen LogP) is 5.09. The van der Waals surface area contributed by atoms with Crippen molar-refractivity contribution < 1.29 is 14.6 Å². The fourth-order valence-electron chi connectivity index (χ4n) is 2.40. The molecule has 0 aliphatic heterocycles. The Morgan fingerprint density at radius 2 is 1.77 bits per heavy atom. The second kappa shape index (κ2) is 10.2. The quantitative estimate of drug-likeness (QED) is 0.595. The molecule has 0 radical (unpaired) electrons. The van der Waals surface area contributed by atoms with Crippen LogP contribution in [0.3, 0.4) is 0 Å². The van der Waals surface area contributed by atoms with Crippen LogP contribution in [0.2, 0.25) is 15.1 Å². The van der Waals surface area contributed by atoms with Gasteiger partial charge < -0.3 is 19.9 Å².